The number of fused-ring (bicyclic) bond motifs is 6. The van der Waals surface area contributed by atoms with Gasteiger partial charge in [0.2, 0.25) is 0 Å². The molecular formula is C81H49F5N6. The molecule has 0 saturated carbocycles. The highest BCUT2D eigenvalue weighted by molar-refractivity contribution is 6.15. The topological polar surface area (TPSA) is 61.4 Å². The maximum atomic E-state index is 17.5. The van der Waals surface area contributed by atoms with Gasteiger partial charge in [0.1, 0.15) is 11.6 Å². The van der Waals surface area contributed by atoms with Crippen molar-refractivity contribution in [1.82, 2.24) is 29.1 Å². The standard InChI is InChI=1S/C81H49F5N6/c82-67-30-13-31-68(83)75(67)76-73(91-69-36-32-54(59-26-14-40-87-77(59)50-18-5-1-6-19-50)44-63(69)64-45-55(33-37-70(64)91)60-27-15-41-88-78(60)51-20-7-2-8-21-51)48-58(81(84,85)86)49-74(76)92-71-38-34-56(61-28-16-42-89-79(61)52-22-9-3-10-23-52)46-65(71)66-47-57(35-39-72(66)92)62-29-17-43-90-80(62)53-24-11-4-12-25-53/h1-49H. The van der Waals surface area contributed by atoms with E-state index in [2.05, 4.69) is 0 Å². The molecule has 0 aliphatic heterocycles. The Morgan fingerprint density at radius 3 is 0.815 bits per heavy atom. The first-order valence-electron chi connectivity index (χ1n) is 30.0. The summed E-state index contributed by atoms with van der Waals surface area (Å²) in [5.41, 5.74) is 13.0. The minimum absolute atomic E-state index is 0.106. The largest absolute Gasteiger partial charge is 0.416 e. The molecule has 6 heterocycles. The monoisotopic (exact) mass is 1200 g/mol. The van der Waals surface area contributed by atoms with Crippen molar-refractivity contribution in [2.45, 2.75) is 6.18 Å². The molecule has 0 N–H and O–H groups in total. The molecule has 10 aromatic carbocycles. The second-order valence-corrected chi connectivity index (χ2v) is 22.6. The van der Waals surface area contributed by atoms with Crippen LogP contribution in [0.25, 0.3) is 156 Å². The summed E-state index contributed by atoms with van der Waals surface area (Å²) >= 11 is 0. The Morgan fingerprint density at radius 2 is 0.543 bits per heavy atom. The highest BCUT2D eigenvalue weighted by Gasteiger charge is 2.36. The fourth-order valence-electron chi connectivity index (χ4n) is 13.2. The van der Waals surface area contributed by atoms with E-state index >= 15 is 22.0 Å². The highest BCUT2D eigenvalue weighted by Crippen LogP contribution is 2.49. The van der Waals surface area contributed by atoms with Crippen LogP contribution in [0.2, 0.25) is 0 Å². The molecule has 0 unspecified atom stereocenters. The molecule has 16 aromatic rings. The second-order valence-electron chi connectivity index (χ2n) is 22.6. The lowest BCUT2D eigenvalue weighted by Crippen LogP contribution is -2.12. The van der Waals surface area contributed by atoms with Gasteiger partial charge in [0.05, 0.1) is 67.3 Å². The van der Waals surface area contributed by atoms with E-state index < -0.39 is 28.9 Å². The van der Waals surface area contributed by atoms with E-state index in [1.54, 1.807) is 33.9 Å². The van der Waals surface area contributed by atoms with Crippen LogP contribution in [-0.2, 0) is 6.18 Å². The van der Waals surface area contributed by atoms with Gasteiger partial charge in [-0.05, 0) is 119 Å². The molecular weight excluding hydrogens is 1150 g/mol. The first-order chi connectivity index (χ1) is 45.1. The summed E-state index contributed by atoms with van der Waals surface area (Å²) in [4.78, 5) is 19.4. The zero-order chi connectivity index (χ0) is 62.0. The average Bonchev–Trinajstić information content (AvgIpc) is 1.51. The summed E-state index contributed by atoms with van der Waals surface area (Å²) in [5.74, 6) is -1.93. The molecule has 0 spiro atoms. The summed E-state index contributed by atoms with van der Waals surface area (Å²) in [5, 5.41) is 2.66. The second kappa shape index (κ2) is 22.6. The van der Waals surface area contributed by atoms with Crippen molar-refractivity contribution in [2.75, 3.05) is 0 Å². The van der Waals surface area contributed by atoms with Gasteiger partial charge in [0.25, 0.3) is 0 Å². The summed E-state index contributed by atoms with van der Waals surface area (Å²) in [6.45, 7) is 0. The minimum atomic E-state index is -4.97. The van der Waals surface area contributed by atoms with Crippen molar-refractivity contribution in [3.05, 3.63) is 315 Å². The lowest BCUT2D eigenvalue weighted by molar-refractivity contribution is -0.137. The van der Waals surface area contributed by atoms with Gasteiger partial charge < -0.3 is 9.13 Å². The third kappa shape index (κ3) is 9.57. The lowest BCUT2D eigenvalue weighted by Gasteiger charge is -2.23. The van der Waals surface area contributed by atoms with E-state index in [1.165, 1.54) is 6.07 Å². The SMILES string of the molecule is Fc1cccc(F)c1-c1c(-n2c3ccc(-c4cccnc4-c4ccccc4)cc3c3cc(-c4cccnc4-c4ccccc4)ccc32)cc(C(F)(F)F)cc1-n1c2ccc(-c3cccnc3-c3ccccc3)cc2c2cc(-c3cccnc3-c3ccccc3)ccc21. The quantitative estimate of drug-likeness (QED) is 0.121. The molecule has 438 valence electrons. The molecule has 0 fully saturated rings. The van der Waals surface area contributed by atoms with E-state index in [-0.39, 0.29) is 16.9 Å². The summed E-state index contributed by atoms with van der Waals surface area (Å²) < 4.78 is 87.9. The fraction of sp³-hybridized carbons (Fsp3) is 0.0123. The Hall–Kier alpha value is -12.0. The molecule has 16 rings (SSSR count). The van der Waals surface area contributed by atoms with Crippen LogP contribution in [-0.4, -0.2) is 29.1 Å². The fourth-order valence-corrected chi connectivity index (χ4v) is 13.2. The Kier molecular flexibility index (Phi) is 13.6. The van der Waals surface area contributed by atoms with Gasteiger partial charge >= 0.3 is 6.18 Å². The number of hydrogen-bond donors (Lipinski definition) is 0. The van der Waals surface area contributed by atoms with Gasteiger partial charge in [-0.25, -0.2) is 8.78 Å². The average molecular weight is 1200 g/mol. The maximum Gasteiger partial charge on any atom is 0.416 e. The first kappa shape index (κ1) is 55.4. The normalized spacial score (nSPS) is 11.8. The molecule has 0 amide bonds. The van der Waals surface area contributed by atoms with Crippen LogP contribution in [0.3, 0.4) is 0 Å². The zero-order valence-corrected chi connectivity index (χ0v) is 48.9. The minimum Gasteiger partial charge on any atom is -0.309 e. The number of pyridine rings is 4. The van der Waals surface area contributed by atoms with Gasteiger partial charge in [-0.15, -0.1) is 0 Å². The van der Waals surface area contributed by atoms with Crippen molar-refractivity contribution in [1.29, 1.82) is 0 Å². The Morgan fingerprint density at radius 1 is 0.261 bits per heavy atom. The van der Waals surface area contributed by atoms with Crippen LogP contribution in [0.15, 0.2) is 298 Å². The van der Waals surface area contributed by atoms with Gasteiger partial charge in [-0.3, -0.25) is 19.9 Å². The lowest BCUT2D eigenvalue weighted by atomic mass is 9.96. The molecule has 0 aliphatic carbocycles. The molecule has 0 atom stereocenters. The van der Waals surface area contributed by atoms with Crippen molar-refractivity contribution in [2.24, 2.45) is 0 Å². The van der Waals surface area contributed by atoms with E-state index in [4.69, 9.17) is 19.9 Å². The number of aromatic nitrogens is 6. The Labute approximate surface area is 525 Å². The molecule has 0 radical (unpaired) electrons. The first-order valence-corrected chi connectivity index (χ1v) is 30.0. The van der Waals surface area contributed by atoms with Crippen LogP contribution in [0.1, 0.15) is 5.56 Å². The van der Waals surface area contributed by atoms with Crippen LogP contribution in [0.5, 0.6) is 0 Å². The third-order valence-electron chi connectivity index (χ3n) is 17.3. The van der Waals surface area contributed by atoms with Crippen molar-refractivity contribution in [3.8, 4) is 112 Å². The van der Waals surface area contributed by atoms with Crippen LogP contribution in [0.4, 0.5) is 22.0 Å². The molecule has 6 nitrogen and oxygen atoms in total. The summed E-state index contributed by atoms with van der Waals surface area (Å²) in [6.07, 6.45) is 2.01. The zero-order valence-electron chi connectivity index (χ0n) is 48.9. The summed E-state index contributed by atoms with van der Waals surface area (Å²) in [6, 6.07) is 83.8. The summed E-state index contributed by atoms with van der Waals surface area (Å²) in [7, 11) is 0. The van der Waals surface area contributed by atoms with E-state index in [0.717, 1.165) is 114 Å². The van der Waals surface area contributed by atoms with E-state index in [0.29, 0.717) is 43.6 Å². The molecule has 11 heteroatoms. The van der Waals surface area contributed by atoms with Crippen LogP contribution < -0.4 is 0 Å². The molecule has 0 bridgehead atoms. The molecule has 6 aromatic heterocycles. The number of rotatable bonds is 11. The maximum absolute atomic E-state index is 17.5. The Bertz CT molecular complexity index is 4920. The van der Waals surface area contributed by atoms with E-state index in [1.807, 2.05) is 243 Å². The number of alkyl halides is 3. The molecule has 0 aliphatic rings. The number of nitrogens with zero attached hydrogens (tertiary/aromatic N) is 6. The predicted molar refractivity (Wildman–Crippen MR) is 360 cm³/mol. The third-order valence-corrected chi connectivity index (χ3v) is 17.3. The van der Waals surface area contributed by atoms with Crippen molar-refractivity contribution in [3.63, 3.8) is 0 Å². The van der Waals surface area contributed by atoms with Gasteiger partial charge in [-0.2, -0.15) is 13.2 Å². The highest BCUT2D eigenvalue weighted by atomic mass is 19.4. The van der Waals surface area contributed by atoms with E-state index in [9.17, 15) is 0 Å². The van der Waals surface area contributed by atoms with Gasteiger partial charge in [0, 0.05) is 96.4 Å². The molecule has 92 heavy (non-hydrogen) atoms. The predicted octanol–water partition coefficient (Wildman–Crippen LogP) is 21.8. The number of halogens is 5. The van der Waals surface area contributed by atoms with Crippen LogP contribution in [0, 0.1) is 11.6 Å². The van der Waals surface area contributed by atoms with Crippen LogP contribution >= 0.6 is 0 Å². The van der Waals surface area contributed by atoms with Gasteiger partial charge in [0.15, 0.2) is 0 Å². The van der Waals surface area contributed by atoms with Crippen molar-refractivity contribution >= 4 is 43.6 Å². The number of benzene rings is 10. The Balaban J connectivity index is 1.02. The molecule has 0 saturated heterocycles. The van der Waals surface area contributed by atoms with Crippen molar-refractivity contribution < 1.29 is 22.0 Å². The smallest absolute Gasteiger partial charge is 0.309 e. The van der Waals surface area contributed by atoms with Gasteiger partial charge in [-0.1, -0.05) is 176 Å². The number of hydrogen-bond acceptors (Lipinski definition) is 4.